The van der Waals surface area contributed by atoms with Crippen molar-refractivity contribution in [2.45, 2.75) is 91.5 Å². The molecule has 0 aromatic heterocycles. The Balaban J connectivity index is 1.41. The van der Waals surface area contributed by atoms with Crippen molar-refractivity contribution in [3.8, 4) is 0 Å². The third-order valence-electron chi connectivity index (χ3n) is 9.81. The molecule has 0 amide bonds. The van der Waals surface area contributed by atoms with E-state index >= 15 is 0 Å². The van der Waals surface area contributed by atoms with Crippen molar-refractivity contribution < 1.29 is 0 Å². The Morgan fingerprint density at radius 1 is 1.23 bits per heavy atom. The molecule has 7 atom stereocenters. The van der Waals surface area contributed by atoms with E-state index < -0.39 is 0 Å². The van der Waals surface area contributed by atoms with Gasteiger partial charge in [0, 0.05) is 13.2 Å². The van der Waals surface area contributed by atoms with Crippen LogP contribution in [0.5, 0.6) is 0 Å². The topological polar surface area (TPSA) is 56.6 Å². The van der Waals surface area contributed by atoms with E-state index in [1.807, 2.05) is 0 Å². The van der Waals surface area contributed by atoms with Crippen molar-refractivity contribution in [1.29, 1.82) is 0 Å². The van der Waals surface area contributed by atoms with Gasteiger partial charge in [0.15, 0.2) is 0 Å². The van der Waals surface area contributed by atoms with Gasteiger partial charge in [0.1, 0.15) is 0 Å². The van der Waals surface area contributed by atoms with Crippen LogP contribution in [0.4, 0.5) is 0 Å². The Hall–Kier alpha value is -0.720. The van der Waals surface area contributed by atoms with E-state index in [0.717, 1.165) is 31.7 Å². The van der Waals surface area contributed by atoms with Crippen LogP contribution in [0, 0.1) is 22.7 Å². The van der Waals surface area contributed by atoms with Gasteiger partial charge in [-0.15, -0.1) is 0 Å². The summed E-state index contributed by atoms with van der Waals surface area (Å²) in [4.78, 5) is 4.90. The highest BCUT2D eigenvalue weighted by Gasteiger charge is 2.50. The Bertz CT molecular complexity index is 717. The molecule has 0 radical (unpaired) electrons. The predicted octanol–water partition coefficient (Wildman–Crippen LogP) is 3.85. The van der Waals surface area contributed by atoms with Crippen LogP contribution in [0.15, 0.2) is 23.3 Å². The molecule has 0 bridgehead atoms. The Kier molecular flexibility index (Phi) is 6.73. The van der Waals surface area contributed by atoms with Crippen molar-refractivity contribution >= 4 is 0 Å². The molecule has 31 heavy (non-hydrogen) atoms. The third kappa shape index (κ3) is 4.17. The first-order valence-corrected chi connectivity index (χ1v) is 12.7. The molecule has 5 nitrogen and oxygen atoms in total. The highest BCUT2D eigenvalue weighted by Crippen LogP contribution is 2.61. The number of likely N-dealkylation sites (N-methyl/N-ethyl adjacent to an activating group) is 1. The summed E-state index contributed by atoms with van der Waals surface area (Å²) in [7, 11) is 2.19. The number of allylic oxidation sites excluding steroid dienone is 3. The number of nitrogens with zero attached hydrogens (tertiary/aromatic N) is 2. The summed E-state index contributed by atoms with van der Waals surface area (Å²) in [6, 6.07) is 0.327. The van der Waals surface area contributed by atoms with Gasteiger partial charge in [-0.05, 0) is 75.2 Å². The normalized spacial score (nSPS) is 44.7. The highest BCUT2D eigenvalue weighted by molar-refractivity contribution is 5.29. The minimum atomic E-state index is 0.0322. The molecule has 4 rings (SSSR count). The predicted molar refractivity (Wildman–Crippen MR) is 130 cm³/mol. The van der Waals surface area contributed by atoms with Crippen molar-refractivity contribution in [3.63, 3.8) is 0 Å². The largest absolute Gasteiger partial charge is 0.314 e. The van der Waals surface area contributed by atoms with E-state index in [0.29, 0.717) is 23.0 Å². The summed E-state index contributed by atoms with van der Waals surface area (Å²) >= 11 is 0. The highest BCUT2D eigenvalue weighted by atomic mass is 15.5. The van der Waals surface area contributed by atoms with Crippen LogP contribution >= 0.6 is 0 Å². The molecule has 3 fully saturated rings. The van der Waals surface area contributed by atoms with Crippen LogP contribution < -0.4 is 16.4 Å². The number of hydrogen-bond donors (Lipinski definition) is 3. The number of fused-ring (bicyclic) bond motifs is 2. The first-order chi connectivity index (χ1) is 14.7. The summed E-state index contributed by atoms with van der Waals surface area (Å²) < 4.78 is 0. The van der Waals surface area contributed by atoms with Gasteiger partial charge in [0.25, 0.3) is 0 Å². The summed E-state index contributed by atoms with van der Waals surface area (Å²) in [5.41, 5.74) is 10.5. The fraction of sp³-hybridized carbons (Fsp3) is 0.846. The lowest BCUT2D eigenvalue weighted by Crippen LogP contribution is -2.67. The maximum Gasteiger partial charge on any atom is 0.0804 e. The van der Waals surface area contributed by atoms with E-state index in [1.165, 1.54) is 44.1 Å². The first-order valence-electron chi connectivity index (χ1n) is 12.7. The lowest BCUT2D eigenvalue weighted by atomic mass is 9.49. The average molecular weight is 430 g/mol. The zero-order valence-electron chi connectivity index (χ0n) is 20.9. The van der Waals surface area contributed by atoms with Gasteiger partial charge < -0.3 is 5.73 Å². The molecule has 5 heteroatoms. The fourth-order valence-corrected chi connectivity index (χ4v) is 7.09. The molecule has 2 aliphatic heterocycles. The monoisotopic (exact) mass is 429 g/mol. The van der Waals surface area contributed by atoms with Gasteiger partial charge in [0.05, 0.1) is 25.0 Å². The van der Waals surface area contributed by atoms with Gasteiger partial charge in [-0.25, -0.2) is 0 Å². The lowest BCUT2D eigenvalue weighted by molar-refractivity contribution is 0.0617. The quantitative estimate of drug-likeness (QED) is 0.580. The van der Waals surface area contributed by atoms with E-state index in [4.69, 9.17) is 5.73 Å². The third-order valence-corrected chi connectivity index (χ3v) is 9.81. The number of hydrogen-bond acceptors (Lipinski definition) is 5. The zero-order valence-corrected chi connectivity index (χ0v) is 20.9. The van der Waals surface area contributed by atoms with Crippen LogP contribution in [0.25, 0.3) is 0 Å². The molecular weight excluding hydrogens is 382 g/mol. The SMILES string of the molecule is CC(=CCN1CN(C)C2NCNC(N)C21)CC[C@]1(C)C2=CCC[C@@H](C)[C@]2(C)CC[C@H]1C. The van der Waals surface area contributed by atoms with Crippen molar-refractivity contribution in [2.24, 2.45) is 28.4 Å². The standard InChI is InChI=1S/C26H47N5/c1-18(12-15-31-17-30(6)24-22(31)23(27)28-16-29-24)10-13-25(4)20(3)11-14-26(5)19(2)8-7-9-21(25)26/h9,12,19-20,22-24,28-29H,7-8,10-11,13-17,27H2,1-6H3/t19-,20-,22?,23?,24?,25+,26+/m1/s1. The molecule has 4 aliphatic rings. The second-order valence-corrected chi connectivity index (χ2v) is 11.6. The molecule has 2 heterocycles. The number of rotatable bonds is 5. The maximum atomic E-state index is 6.41. The fourth-order valence-electron chi connectivity index (χ4n) is 7.09. The van der Waals surface area contributed by atoms with E-state index in [2.05, 4.69) is 74.3 Å². The van der Waals surface area contributed by atoms with Crippen LogP contribution in [0.2, 0.25) is 0 Å². The van der Waals surface area contributed by atoms with E-state index in [-0.39, 0.29) is 6.17 Å². The van der Waals surface area contributed by atoms with E-state index in [1.54, 1.807) is 5.57 Å². The van der Waals surface area contributed by atoms with Crippen LogP contribution in [0.1, 0.15) is 73.1 Å². The smallest absolute Gasteiger partial charge is 0.0804 e. The lowest BCUT2D eigenvalue weighted by Gasteiger charge is -2.56. The van der Waals surface area contributed by atoms with Gasteiger partial charge >= 0.3 is 0 Å². The summed E-state index contributed by atoms with van der Waals surface area (Å²) in [5, 5.41) is 6.93. The van der Waals surface area contributed by atoms with Crippen molar-refractivity contribution in [1.82, 2.24) is 20.4 Å². The molecule has 4 N–H and O–H groups in total. The van der Waals surface area contributed by atoms with Crippen LogP contribution in [-0.2, 0) is 0 Å². The first kappa shape index (κ1) is 23.4. The van der Waals surface area contributed by atoms with Gasteiger partial charge in [-0.3, -0.25) is 20.4 Å². The van der Waals surface area contributed by atoms with Crippen LogP contribution in [-0.4, -0.2) is 55.1 Å². The molecule has 1 saturated carbocycles. The molecule has 0 spiro atoms. The minimum absolute atomic E-state index is 0.0322. The summed E-state index contributed by atoms with van der Waals surface area (Å²) in [6.45, 7) is 15.2. The Labute approximate surface area is 190 Å². The van der Waals surface area contributed by atoms with Crippen molar-refractivity contribution in [2.75, 3.05) is 26.9 Å². The number of nitrogens with one attached hydrogen (secondary N) is 2. The Morgan fingerprint density at radius 2 is 2.00 bits per heavy atom. The number of nitrogens with two attached hydrogens (primary N) is 1. The molecule has 0 aromatic rings. The van der Waals surface area contributed by atoms with E-state index in [9.17, 15) is 0 Å². The van der Waals surface area contributed by atoms with Gasteiger partial charge in [-0.1, -0.05) is 51.0 Å². The molecule has 2 aliphatic carbocycles. The second kappa shape index (κ2) is 8.90. The molecule has 3 unspecified atom stereocenters. The molecule has 2 saturated heterocycles. The summed E-state index contributed by atoms with van der Waals surface area (Å²) in [5.74, 6) is 1.59. The maximum absolute atomic E-state index is 6.41. The zero-order chi connectivity index (χ0) is 22.4. The van der Waals surface area contributed by atoms with Gasteiger partial charge in [0.2, 0.25) is 0 Å². The van der Waals surface area contributed by atoms with Crippen LogP contribution in [0.3, 0.4) is 0 Å². The second-order valence-electron chi connectivity index (χ2n) is 11.6. The van der Waals surface area contributed by atoms with Gasteiger partial charge in [-0.2, -0.15) is 0 Å². The Morgan fingerprint density at radius 3 is 2.77 bits per heavy atom. The summed E-state index contributed by atoms with van der Waals surface area (Å²) in [6.07, 6.45) is 13.3. The van der Waals surface area contributed by atoms with Crippen molar-refractivity contribution in [3.05, 3.63) is 23.3 Å². The molecular formula is C26H47N5. The minimum Gasteiger partial charge on any atom is -0.314 e. The average Bonchev–Trinajstić information content (AvgIpc) is 3.07. The molecule has 176 valence electrons. The molecule has 0 aromatic carbocycles.